The van der Waals surface area contributed by atoms with Gasteiger partial charge in [-0.05, 0) is 13.8 Å². The minimum Gasteiger partial charge on any atom is -0.334 e. The lowest BCUT2D eigenvalue weighted by molar-refractivity contribution is -0.130. The zero-order valence-corrected chi connectivity index (χ0v) is 11.3. The van der Waals surface area contributed by atoms with Crippen molar-refractivity contribution in [3.63, 3.8) is 0 Å². The number of nitrogens with zero attached hydrogens (tertiary/aromatic N) is 2. The summed E-state index contributed by atoms with van der Waals surface area (Å²) >= 11 is 2.32. The first-order valence-corrected chi connectivity index (χ1v) is 6.12. The van der Waals surface area contributed by atoms with E-state index in [1.165, 1.54) is 0 Å². The first-order chi connectivity index (χ1) is 7.06. The molecule has 0 aromatic rings. The van der Waals surface area contributed by atoms with Gasteiger partial charge in [-0.15, -0.1) is 0 Å². The summed E-state index contributed by atoms with van der Waals surface area (Å²) < 4.78 is 2.25. The van der Waals surface area contributed by atoms with Crippen molar-refractivity contribution in [1.29, 1.82) is 0 Å². The van der Waals surface area contributed by atoms with Gasteiger partial charge in [0.1, 0.15) is 0 Å². The SMILES string of the molecule is C[C@@H]1CN(I)[C@@H](C)CN1C(=O)/C=C/CN. The normalized spacial score (nSPS) is 28.7. The van der Waals surface area contributed by atoms with Gasteiger partial charge in [-0.2, -0.15) is 0 Å². The van der Waals surface area contributed by atoms with Gasteiger partial charge in [-0.25, -0.2) is 3.11 Å². The third kappa shape index (κ3) is 3.42. The van der Waals surface area contributed by atoms with Crippen LogP contribution in [0, 0.1) is 0 Å². The summed E-state index contributed by atoms with van der Waals surface area (Å²) in [4.78, 5) is 13.7. The van der Waals surface area contributed by atoms with Crippen molar-refractivity contribution >= 4 is 28.8 Å². The average Bonchev–Trinajstić information content (AvgIpc) is 2.20. The third-order valence-electron chi connectivity index (χ3n) is 2.59. The van der Waals surface area contributed by atoms with E-state index in [1.807, 2.05) is 4.90 Å². The van der Waals surface area contributed by atoms with Gasteiger partial charge in [0, 0.05) is 60.7 Å². The number of rotatable bonds is 2. The molecular formula is C10H18IN3O. The lowest BCUT2D eigenvalue weighted by Crippen LogP contribution is -2.54. The summed E-state index contributed by atoms with van der Waals surface area (Å²) in [6.07, 6.45) is 3.28. The van der Waals surface area contributed by atoms with Crippen LogP contribution in [0.1, 0.15) is 13.8 Å². The van der Waals surface area contributed by atoms with Crippen molar-refractivity contribution in [2.45, 2.75) is 25.9 Å². The quantitative estimate of drug-likeness (QED) is 0.464. The Hall–Kier alpha value is -0.140. The van der Waals surface area contributed by atoms with Gasteiger partial charge >= 0.3 is 0 Å². The molecule has 4 nitrogen and oxygen atoms in total. The summed E-state index contributed by atoms with van der Waals surface area (Å²) in [6.45, 7) is 6.33. The third-order valence-corrected chi connectivity index (χ3v) is 3.93. The molecule has 1 aliphatic rings. The molecule has 0 spiro atoms. The Morgan fingerprint density at radius 3 is 2.73 bits per heavy atom. The van der Waals surface area contributed by atoms with Crippen LogP contribution in [-0.2, 0) is 4.79 Å². The molecule has 1 aliphatic heterocycles. The number of nitrogens with two attached hydrogens (primary N) is 1. The van der Waals surface area contributed by atoms with Crippen LogP contribution in [0.25, 0.3) is 0 Å². The number of piperazine rings is 1. The Labute approximate surface area is 105 Å². The Balaban J connectivity index is 2.61. The van der Waals surface area contributed by atoms with Crippen LogP contribution in [0.5, 0.6) is 0 Å². The second kappa shape index (κ2) is 5.81. The number of carbonyl (C=O) groups excluding carboxylic acids is 1. The maximum Gasteiger partial charge on any atom is 0.246 e. The molecule has 1 saturated heterocycles. The van der Waals surface area contributed by atoms with Crippen molar-refractivity contribution in [2.75, 3.05) is 19.6 Å². The maximum absolute atomic E-state index is 11.8. The van der Waals surface area contributed by atoms with Gasteiger partial charge in [0.15, 0.2) is 0 Å². The Morgan fingerprint density at radius 2 is 2.13 bits per heavy atom. The molecule has 0 aliphatic carbocycles. The number of hydrogen-bond acceptors (Lipinski definition) is 3. The number of halogens is 1. The molecule has 1 fully saturated rings. The molecule has 1 amide bonds. The fourth-order valence-electron chi connectivity index (χ4n) is 1.66. The van der Waals surface area contributed by atoms with E-state index in [4.69, 9.17) is 5.73 Å². The smallest absolute Gasteiger partial charge is 0.246 e. The molecule has 0 aromatic heterocycles. The molecule has 0 saturated carbocycles. The second-order valence-corrected chi connectivity index (χ2v) is 5.15. The highest BCUT2D eigenvalue weighted by atomic mass is 127. The van der Waals surface area contributed by atoms with Gasteiger partial charge < -0.3 is 10.6 Å². The fraction of sp³-hybridized carbons (Fsp3) is 0.700. The van der Waals surface area contributed by atoms with Crippen molar-refractivity contribution in [3.05, 3.63) is 12.2 Å². The Kier molecular flexibility index (Phi) is 5.01. The summed E-state index contributed by atoms with van der Waals surface area (Å²) in [5, 5.41) is 0. The number of amides is 1. The lowest BCUT2D eigenvalue weighted by Gasteiger charge is -2.40. The molecule has 0 radical (unpaired) electrons. The van der Waals surface area contributed by atoms with Gasteiger partial charge in [0.2, 0.25) is 5.91 Å². The predicted octanol–water partition coefficient (Wildman–Crippen LogP) is 0.773. The van der Waals surface area contributed by atoms with E-state index >= 15 is 0 Å². The van der Waals surface area contributed by atoms with Crippen molar-refractivity contribution in [2.24, 2.45) is 5.73 Å². The molecule has 0 unspecified atom stereocenters. The van der Waals surface area contributed by atoms with E-state index in [9.17, 15) is 4.79 Å². The largest absolute Gasteiger partial charge is 0.334 e. The van der Waals surface area contributed by atoms with Gasteiger partial charge in [0.25, 0.3) is 0 Å². The van der Waals surface area contributed by atoms with E-state index in [1.54, 1.807) is 12.2 Å². The molecular weight excluding hydrogens is 305 g/mol. The van der Waals surface area contributed by atoms with Crippen LogP contribution in [0.2, 0.25) is 0 Å². The van der Waals surface area contributed by atoms with Crippen LogP contribution in [-0.4, -0.2) is 45.6 Å². The van der Waals surface area contributed by atoms with Crippen molar-refractivity contribution in [3.8, 4) is 0 Å². The molecule has 15 heavy (non-hydrogen) atoms. The van der Waals surface area contributed by atoms with E-state index in [-0.39, 0.29) is 11.9 Å². The molecule has 2 atom stereocenters. The van der Waals surface area contributed by atoms with Crippen LogP contribution in [0.4, 0.5) is 0 Å². The highest BCUT2D eigenvalue weighted by Crippen LogP contribution is 2.18. The van der Waals surface area contributed by atoms with Gasteiger partial charge in [-0.1, -0.05) is 6.08 Å². The zero-order chi connectivity index (χ0) is 11.4. The predicted molar refractivity (Wildman–Crippen MR) is 69.6 cm³/mol. The Morgan fingerprint density at radius 1 is 1.47 bits per heavy atom. The molecule has 1 rings (SSSR count). The number of hydrogen-bond donors (Lipinski definition) is 1. The molecule has 0 aromatic carbocycles. The fourth-order valence-corrected chi connectivity index (χ4v) is 2.40. The minimum absolute atomic E-state index is 0.0734. The summed E-state index contributed by atoms with van der Waals surface area (Å²) in [5.41, 5.74) is 5.32. The van der Waals surface area contributed by atoms with E-state index < -0.39 is 0 Å². The molecule has 1 heterocycles. The van der Waals surface area contributed by atoms with E-state index in [0.29, 0.717) is 12.6 Å². The number of carbonyl (C=O) groups is 1. The Bertz CT molecular complexity index is 257. The van der Waals surface area contributed by atoms with Crippen molar-refractivity contribution < 1.29 is 4.79 Å². The lowest BCUT2D eigenvalue weighted by atomic mass is 10.1. The summed E-state index contributed by atoms with van der Waals surface area (Å²) in [7, 11) is 0. The van der Waals surface area contributed by atoms with Crippen LogP contribution < -0.4 is 5.73 Å². The topological polar surface area (TPSA) is 49.6 Å². The summed E-state index contributed by atoms with van der Waals surface area (Å²) in [5.74, 6) is 0.0734. The monoisotopic (exact) mass is 323 g/mol. The van der Waals surface area contributed by atoms with E-state index in [0.717, 1.165) is 13.1 Å². The average molecular weight is 323 g/mol. The van der Waals surface area contributed by atoms with Crippen LogP contribution in [0.15, 0.2) is 12.2 Å². The maximum atomic E-state index is 11.8. The van der Waals surface area contributed by atoms with E-state index in [2.05, 4.69) is 39.8 Å². The van der Waals surface area contributed by atoms with Crippen molar-refractivity contribution in [1.82, 2.24) is 8.01 Å². The minimum atomic E-state index is 0.0734. The highest BCUT2D eigenvalue weighted by molar-refractivity contribution is 14.1. The van der Waals surface area contributed by atoms with Crippen LogP contribution >= 0.6 is 22.9 Å². The molecule has 0 bridgehead atoms. The first kappa shape index (κ1) is 12.9. The van der Waals surface area contributed by atoms with Gasteiger partial charge in [-0.3, -0.25) is 4.79 Å². The highest BCUT2D eigenvalue weighted by Gasteiger charge is 2.29. The molecule has 2 N–H and O–H groups in total. The van der Waals surface area contributed by atoms with Crippen LogP contribution in [0.3, 0.4) is 0 Å². The van der Waals surface area contributed by atoms with Gasteiger partial charge in [0.05, 0.1) is 0 Å². The first-order valence-electron chi connectivity index (χ1n) is 5.16. The molecule has 86 valence electrons. The second-order valence-electron chi connectivity index (χ2n) is 3.91. The summed E-state index contributed by atoms with van der Waals surface area (Å²) in [6, 6.07) is 0.685. The standard InChI is InChI=1S/C10H18IN3O/c1-8-7-14(11)9(2)6-13(8)10(15)4-3-5-12/h3-4,8-9H,5-7,12H2,1-2H3/b4-3+/t8-,9+/m1/s1. The molecule has 5 heteroatoms. The zero-order valence-electron chi connectivity index (χ0n) is 9.19.